The van der Waals surface area contributed by atoms with Crippen LogP contribution in [0.1, 0.15) is 13.8 Å². The Balaban J connectivity index is 2.41. The van der Waals surface area contributed by atoms with E-state index in [4.69, 9.17) is 0 Å². The number of nitrogens with one attached hydrogen (secondary N) is 2. The van der Waals surface area contributed by atoms with Crippen LogP contribution in [0, 0.1) is 10.1 Å². The van der Waals surface area contributed by atoms with Crippen LogP contribution in [0.3, 0.4) is 0 Å². The highest BCUT2D eigenvalue weighted by Gasteiger charge is 2.23. The van der Waals surface area contributed by atoms with E-state index in [0.717, 1.165) is 4.47 Å². The zero-order chi connectivity index (χ0) is 15.4. The van der Waals surface area contributed by atoms with Crippen LogP contribution in [-0.4, -0.2) is 20.9 Å². The van der Waals surface area contributed by atoms with E-state index in [0.29, 0.717) is 5.69 Å². The van der Waals surface area contributed by atoms with Crippen molar-refractivity contribution in [2.75, 3.05) is 10.6 Å². The van der Waals surface area contributed by atoms with Crippen molar-refractivity contribution in [3.05, 3.63) is 45.2 Å². The van der Waals surface area contributed by atoms with Gasteiger partial charge in [-0.05, 0) is 32.0 Å². The largest absolute Gasteiger partial charge is 0.362 e. The van der Waals surface area contributed by atoms with Crippen LogP contribution in [0.15, 0.2) is 35.1 Å². The first-order valence-electron chi connectivity index (χ1n) is 6.26. The number of hydrogen-bond acceptors (Lipinski definition) is 6. The fraction of sp³-hybridized carbons (Fsp3) is 0.231. The van der Waals surface area contributed by atoms with Crippen molar-refractivity contribution < 1.29 is 4.92 Å². The monoisotopic (exact) mass is 351 g/mol. The third-order valence-electron chi connectivity index (χ3n) is 2.52. The van der Waals surface area contributed by atoms with E-state index in [9.17, 15) is 10.1 Å². The first-order chi connectivity index (χ1) is 9.97. The third-order valence-corrected chi connectivity index (χ3v) is 3.01. The van der Waals surface area contributed by atoms with Gasteiger partial charge in [0.15, 0.2) is 0 Å². The first kappa shape index (κ1) is 15.2. The minimum Gasteiger partial charge on any atom is -0.362 e. The molecule has 21 heavy (non-hydrogen) atoms. The predicted molar refractivity (Wildman–Crippen MR) is 84.9 cm³/mol. The fourth-order valence-corrected chi connectivity index (χ4v) is 2.12. The van der Waals surface area contributed by atoms with E-state index in [1.165, 1.54) is 6.33 Å². The number of hydrogen-bond donors (Lipinski definition) is 2. The van der Waals surface area contributed by atoms with Gasteiger partial charge in [-0.1, -0.05) is 22.0 Å². The number of benzene rings is 1. The minimum atomic E-state index is -0.495. The molecule has 2 aromatic rings. The number of rotatable bonds is 5. The molecule has 0 saturated carbocycles. The molecule has 110 valence electrons. The standard InChI is InChI=1S/C13H14BrN5O2/c1-8(2)17-12-11(19(20)21)13(16-7-15-12)18-10-5-3-4-9(14)6-10/h3-8H,1-2H3,(H2,15,16,17,18). The van der Waals surface area contributed by atoms with Crippen LogP contribution in [0.4, 0.5) is 23.0 Å². The van der Waals surface area contributed by atoms with Gasteiger partial charge < -0.3 is 10.6 Å². The lowest BCUT2D eigenvalue weighted by Crippen LogP contribution is -2.14. The summed E-state index contributed by atoms with van der Waals surface area (Å²) in [5, 5.41) is 17.2. The summed E-state index contributed by atoms with van der Waals surface area (Å²) in [4.78, 5) is 18.7. The van der Waals surface area contributed by atoms with Crippen LogP contribution in [0.5, 0.6) is 0 Å². The third kappa shape index (κ3) is 3.88. The maximum Gasteiger partial charge on any atom is 0.353 e. The van der Waals surface area contributed by atoms with Crippen molar-refractivity contribution >= 4 is 38.9 Å². The lowest BCUT2D eigenvalue weighted by molar-refractivity contribution is -0.383. The number of anilines is 3. The summed E-state index contributed by atoms with van der Waals surface area (Å²) in [5.74, 6) is 0.346. The molecule has 0 aliphatic heterocycles. The quantitative estimate of drug-likeness (QED) is 0.629. The molecular formula is C13H14BrN5O2. The van der Waals surface area contributed by atoms with Gasteiger partial charge in [0.25, 0.3) is 0 Å². The average Bonchev–Trinajstić information content (AvgIpc) is 2.37. The second-order valence-electron chi connectivity index (χ2n) is 4.61. The molecule has 7 nitrogen and oxygen atoms in total. The first-order valence-corrected chi connectivity index (χ1v) is 7.05. The molecule has 0 aliphatic carbocycles. The van der Waals surface area contributed by atoms with Crippen molar-refractivity contribution in [1.82, 2.24) is 9.97 Å². The van der Waals surface area contributed by atoms with Gasteiger partial charge in [-0.25, -0.2) is 9.97 Å². The van der Waals surface area contributed by atoms with Crippen molar-refractivity contribution in [3.8, 4) is 0 Å². The molecule has 2 N–H and O–H groups in total. The molecule has 0 aliphatic rings. The highest BCUT2D eigenvalue weighted by molar-refractivity contribution is 9.10. The molecule has 0 bridgehead atoms. The average molecular weight is 352 g/mol. The van der Waals surface area contributed by atoms with Crippen LogP contribution >= 0.6 is 15.9 Å². The van der Waals surface area contributed by atoms with Crippen molar-refractivity contribution in [2.45, 2.75) is 19.9 Å². The Labute approximate surface area is 130 Å². The number of nitrogens with zero attached hydrogens (tertiary/aromatic N) is 3. The zero-order valence-corrected chi connectivity index (χ0v) is 13.1. The molecule has 0 radical (unpaired) electrons. The van der Waals surface area contributed by atoms with Crippen molar-refractivity contribution in [3.63, 3.8) is 0 Å². The SMILES string of the molecule is CC(C)Nc1ncnc(Nc2cccc(Br)c2)c1[N+](=O)[O-]. The highest BCUT2D eigenvalue weighted by atomic mass is 79.9. The smallest absolute Gasteiger partial charge is 0.353 e. The molecule has 0 fully saturated rings. The van der Waals surface area contributed by atoms with Gasteiger partial charge in [-0.2, -0.15) is 0 Å². The Morgan fingerprint density at radius 3 is 2.62 bits per heavy atom. The lowest BCUT2D eigenvalue weighted by atomic mass is 10.3. The molecule has 1 aromatic heterocycles. The molecule has 0 atom stereocenters. The fourth-order valence-electron chi connectivity index (χ4n) is 1.73. The van der Waals surface area contributed by atoms with Gasteiger partial charge in [0.2, 0.25) is 11.6 Å². The van der Waals surface area contributed by atoms with Gasteiger partial charge in [-0.3, -0.25) is 10.1 Å². The van der Waals surface area contributed by atoms with E-state index in [-0.39, 0.29) is 23.4 Å². The topological polar surface area (TPSA) is 93.0 Å². The van der Waals surface area contributed by atoms with Crippen LogP contribution in [0.2, 0.25) is 0 Å². The van der Waals surface area contributed by atoms with Crippen molar-refractivity contribution in [2.24, 2.45) is 0 Å². The van der Waals surface area contributed by atoms with E-state index in [1.54, 1.807) is 12.1 Å². The second kappa shape index (κ2) is 6.49. The summed E-state index contributed by atoms with van der Waals surface area (Å²) < 4.78 is 0.865. The normalized spacial score (nSPS) is 10.5. The van der Waals surface area contributed by atoms with Gasteiger partial charge >= 0.3 is 5.69 Å². The Hall–Kier alpha value is -2.22. The van der Waals surface area contributed by atoms with Crippen molar-refractivity contribution in [1.29, 1.82) is 0 Å². The van der Waals surface area contributed by atoms with Gasteiger partial charge in [-0.15, -0.1) is 0 Å². The molecule has 1 aromatic carbocycles. The van der Waals surface area contributed by atoms with Gasteiger partial charge in [0.05, 0.1) is 4.92 Å². The molecule has 0 amide bonds. The summed E-state index contributed by atoms with van der Waals surface area (Å²) >= 11 is 3.35. The minimum absolute atomic E-state index is 0.0253. The molecule has 8 heteroatoms. The Kier molecular flexibility index (Phi) is 4.69. The highest BCUT2D eigenvalue weighted by Crippen LogP contribution is 2.31. The maximum atomic E-state index is 11.3. The molecule has 0 saturated heterocycles. The summed E-state index contributed by atoms with van der Waals surface area (Å²) in [6, 6.07) is 7.32. The van der Waals surface area contributed by atoms with E-state index >= 15 is 0 Å². The summed E-state index contributed by atoms with van der Waals surface area (Å²) in [5.41, 5.74) is 0.521. The molecule has 0 unspecified atom stereocenters. The predicted octanol–water partition coefficient (Wildman–Crippen LogP) is 3.71. The van der Waals surface area contributed by atoms with Gasteiger partial charge in [0.1, 0.15) is 6.33 Å². The Morgan fingerprint density at radius 2 is 2.00 bits per heavy atom. The van der Waals surface area contributed by atoms with E-state index in [1.807, 2.05) is 26.0 Å². The summed E-state index contributed by atoms with van der Waals surface area (Å²) in [6.45, 7) is 3.76. The van der Waals surface area contributed by atoms with E-state index < -0.39 is 4.92 Å². The Bertz CT molecular complexity index is 663. The Morgan fingerprint density at radius 1 is 1.29 bits per heavy atom. The van der Waals surface area contributed by atoms with Gasteiger partial charge in [0, 0.05) is 16.2 Å². The molecule has 1 heterocycles. The maximum absolute atomic E-state index is 11.3. The number of aromatic nitrogens is 2. The van der Waals surface area contributed by atoms with E-state index in [2.05, 4.69) is 36.5 Å². The second-order valence-corrected chi connectivity index (χ2v) is 5.53. The molecule has 2 rings (SSSR count). The molecule has 0 spiro atoms. The zero-order valence-electron chi connectivity index (χ0n) is 11.5. The summed E-state index contributed by atoms with van der Waals surface area (Å²) in [7, 11) is 0. The van der Waals surface area contributed by atoms with Crippen LogP contribution < -0.4 is 10.6 Å². The number of nitro groups is 1. The lowest BCUT2D eigenvalue weighted by Gasteiger charge is -2.12. The molecular weight excluding hydrogens is 338 g/mol. The van der Waals surface area contributed by atoms with Crippen LogP contribution in [0.25, 0.3) is 0 Å². The summed E-state index contributed by atoms with van der Waals surface area (Å²) in [6.07, 6.45) is 1.29. The van der Waals surface area contributed by atoms with Crippen LogP contribution in [-0.2, 0) is 0 Å². The number of halogens is 1.